The van der Waals surface area contributed by atoms with Crippen LogP contribution >= 0.6 is 0 Å². The maximum Gasteiger partial charge on any atom is 0.219 e. The van der Waals surface area contributed by atoms with E-state index in [0.717, 1.165) is 0 Å². The average molecular weight is 365 g/mol. The van der Waals surface area contributed by atoms with Gasteiger partial charge >= 0.3 is 0 Å². The van der Waals surface area contributed by atoms with E-state index in [9.17, 15) is 0 Å². The van der Waals surface area contributed by atoms with Crippen molar-refractivity contribution in [2.75, 3.05) is 0 Å². The van der Waals surface area contributed by atoms with Crippen LogP contribution in [0.1, 0.15) is 26.5 Å². The number of hydrogen-bond donors (Lipinski definition) is 0. The first kappa shape index (κ1) is 18.2. The van der Waals surface area contributed by atoms with Gasteiger partial charge in [0.05, 0.1) is 0 Å². The van der Waals surface area contributed by atoms with E-state index >= 15 is 0 Å². The molecule has 0 fully saturated rings. The summed E-state index contributed by atoms with van der Waals surface area (Å²) in [7, 11) is 0. The summed E-state index contributed by atoms with van der Waals surface area (Å²) in [4.78, 5) is 0. The van der Waals surface area contributed by atoms with Gasteiger partial charge in [0, 0.05) is 35.2 Å². The monoisotopic (exact) mass is 364 g/mol. The van der Waals surface area contributed by atoms with Gasteiger partial charge in [-0.2, -0.15) is 4.57 Å². The van der Waals surface area contributed by atoms with Crippen molar-refractivity contribution in [2.24, 2.45) is 0 Å². The van der Waals surface area contributed by atoms with Gasteiger partial charge in [0.1, 0.15) is 0 Å². The average Bonchev–Trinajstić information content (AvgIpc) is 2.74. The molecule has 0 N–H and O–H groups in total. The molecule has 0 unspecified atom stereocenters. The SMILES string of the molecule is CC(C)(C)c1cc(-c2ccccc2)cc(-c2ccccc2)[n+]1-c1ccccc1. The third-order valence-electron chi connectivity index (χ3n) is 5.03. The Labute approximate surface area is 167 Å². The van der Waals surface area contributed by atoms with E-state index in [2.05, 4.69) is 128 Å². The minimum Gasteiger partial charge on any atom is -0.157 e. The summed E-state index contributed by atoms with van der Waals surface area (Å²) in [5.74, 6) is 0. The molecule has 0 aliphatic rings. The minimum atomic E-state index is -0.00976. The Morgan fingerprint density at radius 1 is 0.536 bits per heavy atom. The van der Waals surface area contributed by atoms with Crippen LogP contribution in [0.3, 0.4) is 0 Å². The Hall–Kier alpha value is -3.19. The van der Waals surface area contributed by atoms with Crippen LogP contribution < -0.4 is 4.57 Å². The second kappa shape index (κ2) is 7.44. The second-order valence-electron chi connectivity index (χ2n) is 8.17. The first-order valence-electron chi connectivity index (χ1n) is 9.81. The van der Waals surface area contributed by atoms with Gasteiger partial charge in [0.15, 0.2) is 5.69 Å². The summed E-state index contributed by atoms with van der Waals surface area (Å²) in [6.07, 6.45) is 0. The van der Waals surface area contributed by atoms with Crippen LogP contribution in [0.15, 0.2) is 103 Å². The lowest BCUT2D eigenvalue weighted by Gasteiger charge is -2.20. The number of para-hydroxylation sites is 1. The van der Waals surface area contributed by atoms with Gasteiger partial charge in [0.2, 0.25) is 11.4 Å². The number of hydrogen-bond acceptors (Lipinski definition) is 0. The number of aromatic nitrogens is 1. The molecule has 28 heavy (non-hydrogen) atoms. The summed E-state index contributed by atoms with van der Waals surface area (Å²) in [6.45, 7) is 6.85. The number of rotatable bonds is 3. The maximum atomic E-state index is 2.40. The lowest BCUT2D eigenvalue weighted by Crippen LogP contribution is -2.43. The predicted octanol–water partition coefficient (Wildman–Crippen LogP) is 6.59. The normalized spacial score (nSPS) is 11.4. The molecule has 0 spiro atoms. The van der Waals surface area contributed by atoms with E-state index in [1.165, 1.54) is 33.8 Å². The maximum absolute atomic E-state index is 2.40. The highest BCUT2D eigenvalue weighted by Crippen LogP contribution is 2.30. The van der Waals surface area contributed by atoms with Crippen molar-refractivity contribution < 1.29 is 4.57 Å². The number of benzene rings is 3. The van der Waals surface area contributed by atoms with Crippen LogP contribution in [0.5, 0.6) is 0 Å². The van der Waals surface area contributed by atoms with Crippen molar-refractivity contribution in [3.63, 3.8) is 0 Å². The van der Waals surface area contributed by atoms with Crippen LogP contribution in [-0.4, -0.2) is 0 Å². The Morgan fingerprint density at radius 3 is 1.57 bits per heavy atom. The Bertz CT molecular complexity index is 1060. The molecule has 138 valence electrons. The van der Waals surface area contributed by atoms with Crippen molar-refractivity contribution >= 4 is 0 Å². The van der Waals surface area contributed by atoms with Gasteiger partial charge < -0.3 is 0 Å². The number of nitrogens with zero attached hydrogens (tertiary/aromatic N) is 1. The first-order chi connectivity index (χ1) is 13.5. The molecule has 3 aromatic carbocycles. The second-order valence-corrected chi connectivity index (χ2v) is 8.17. The lowest BCUT2D eigenvalue weighted by molar-refractivity contribution is -0.596. The molecular formula is C27H26N+. The summed E-state index contributed by atoms with van der Waals surface area (Å²) >= 11 is 0. The van der Waals surface area contributed by atoms with Crippen molar-refractivity contribution in [2.45, 2.75) is 26.2 Å². The van der Waals surface area contributed by atoms with Gasteiger partial charge in [0.25, 0.3) is 0 Å². The van der Waals surface area contributed by atoms with Gasteiger partial charge in [-0.1, -0.05) is 87.5 Å². The molecule has 4 aromatic rings. The highest BCUT2D eigenvalue weighted by atomic mass is 15.0. The lowest BCUT2D eigenvalue weighted by atomic mass is 9.88. The molecule has 0 atom stereocenters. The zero-order chi connectivity index (χ0) is 19.6. The van der Waals surface area contributed by atoms with E-state index in [0.29, 0.717) is 0 Å². The molecule has 1 heteroatoms. The number of pyridine rings is 1. The quantitative estimate of drug-likeness (QED) is 0.361. The van der Waals surface area contributed by atoms with E-state index in [-0.39, 0.29) is 5.41 Å². The summed E-state index contributed by atoms with van der Waals surface area (Å²) in [5.41, 5.74) is 7.38. The van der Waals surface area contributed by atoms with E-state index in [4.69, 9.17) is 0 Å². The smallest absolute Gasteiger partial charge is 0.157 e. The molecule has 0 aliphatic heterocycles. The molecule has 0 saturated carbocycles. The highest BCUT2D eigenvalue weighted by Gasteiger charge is 2.31. The largest absolute Gasteiger partial charge is 0.219 e. The molecule has 4 rings (SSSR count). The minimum absolute atomic E-state index is 0.00976. The zero-order valence-electron chi connectivity index (χ0n) is 16.8. The Morgan fingerprint density at radius 2 is 1.04 bits per heavy atom. The van der Waals surface area contributed by atoms with Crippen LogP contribution in [0.25, 0.3) is 28.1 Å². The standard InChI is InChI=1S/C27H26N/c1-27(2,3)26-20-23(21-13-7-4-8-14-21)19-25(22-15-9-5-10-16-22)28(26)24-17-11-6-12-18-24/h4-20H,1-3H3/q+1. The topological polar surface area (TPSA) is 3.88 Å². The van der Waals surface area contributed by atoms with Crippen molar-refractivity contribution in [1.29, 1.82) is 0 Å². The molecule has 1 heterocycles. The van der Waals surface area contributed by atoms with E-state index in [1.54, 1.807) is 0 Å². The van der Waals surface area contributed by atoms with Gasteiger partial charge in [-0.25, -0.2) is 0 Å². The predicted molar refractivity (Wildman–Crippen MR) is 118 cm³/mol. The highest BCUT2D eigenvalue weighted by molar-refractivity contribution is 5.69. The van der Waals surface area contributed by atoms with Crippen LogP contribution in [0, 0.1) is 0 Å². The molecule has 0 radical (unpaired) electrons. The third-order valence-corrected chi connectivity index (χ3v) is 5.03. The first-order valence-corrected chi connectivity index (χ1v) is 9.81. The molecule has 0 bridgehead atoms. The van der Waals surface area contributed by atoms with Crippen molar-refractivity contribution in [3.8, 4) is 28.1 Å². The fraction of sp³-hybridized carbons (Fsp3) is 0.148. The van der Waals surface area contributed by atoms with Gasteiger partial charge in [-0.3, -0.25) is 0 Å². The third kappa shape index (κ3) is 3.61. The van der Waals surface area contributed by atoms with Crippen LogP contribution in [0.4, 0.5) is 0 Å². The molecule has 0 saturated heterocycles. The summed E-state index contributed by atoms with van der Waals surface area (Å²) in [6, 6.07) is 36.6. The van der Waals surface area contributed by atoms with Gasteiger partial charge in [-0.15, -0.1) is 0 Å². The molecule has 0 aliphatic carbocycles. The molecule has 1 nitrogen and oxygen atoms in total. The van der Waals surface area contributed by atoms with Crippen LogP contribution in [0.2, 0.25) is 0 Å². The Kier molecular flexibility index (Phi) is 4.83. The molecule has 0 amide bonds. The fourth-order valence-corrected chi connectivity index (χ4v) is 3.62. The van der Waals surface area contributed by atoms with Crippen molar-refractivity contribution in [1.82, 2.24) is 0 Å². The van der Waals surface area contributed by atoms with Crippen LogP contribution in [-0.2, 0) is 5.41 Å². The molecule has 1 aromatic heterocycles. The van der Waals surface area contributed by atoms with Crippen molar-refractivity contribution in [3.05, 3.63) is 109 Å². The Balaban J connectivity index is 2.09. The fourth-order valence-electron chi connectivity index (χ4n) is 3.62. The van der Waals surface area contributed by atoms with E-state index in [1.807, 2.05) is 0 Å². The summed E-state index contributed by atoms with van der Waals surface area (Å²) in [5, 5.41) is 0. The zero-order valence-corrected chi connectivity index (χ0v) is 16.8. The van der Waals surface area contributed by atoms with Gasteiger partial charge in [-0.05, 0) is 23.3 Å². The van der Waals surface area contributed by atoms with E-state index < -0.39 is 0 Å². The molecular weight excluding hydrogens is 338 g/mol. The summed E-state index contributed by atoms with van der Waals surface area (Å²) < 4.78 is 2.40.